The smallest absolute Gasteiger partial charge is 0.307 e. The molecule has 3 heteroatoms. The number of hydrogen-bond acceptors (Lipinski definition) is 3. The van der Waals surface area contributed by atoms with Crippen molar-refractivity contribution in [3.8, 4) is 0 Å². The molecule has 0 heterocycles. The molecular weight excluding hydrogens is 154 g/mol. The Balaban J connectivity index is 4.05. The zero-order chi connectivity index (χ0) is 9.72. The van der Waals surface area contributed by atoms with Crippen LogP contribution in [-0.4, -0.2) is 38.1 Å². The molecule has 1 unspecified atom stereocenters. The molecule has 0 aliphatic carbocycles. The van der Waals surface area contributed by atoms with E-state index < -0.39 is 0 Å². The van der Waals surface area contributed by atoms with Crippen molar-refractivity contribution >= 4 is 5.97 Å². The standard InChI is InChI=1S/C9H19NO2/c1-7(2)8(10(3)4)6-9(11)12-5/h7-8H,6H2,1-5H3. The molecule has 3 nitrogen and oxygen atoms in total. The van der Waals surface area contributed by atoms with E-state index in [1.54, 1.807) is 0 Å². The lowest BCUT2D eigenvalue weighted by Crippen LogP contribution is -2.35. The molecule has 0 aromatic rings. The van der Waals surface area contributed by atoms with Crippen LogP contribution < -0.4 is 0 Å². The van der Waals surface area contributed by atoms with Gasteiger partial charge in [-0.2, -0.15) is 0 Å². The SMILES string of the molecule is COC(=O)CC(C(C)C)N(C)C. The van der Waals surface area contributed by atoms with Gasteiger partial charge >= 0.3 is 5.97 Å². The van der Waals surface area contributed by atoms with Gasteiger partial charge < -0.3 is 9.64 Å². The molecule has 0 fully saturated rings. The van der Waals surface area contributed by atoms with Crippen LogP contribution in [0, 0.1) is 5.92 Å². The number of methoxy groups -OCH3 is 1. The van der Waals surface area contributed by atoms with E-state index in [4.69, 9.17) is 0 Å². The summed E-state index contributed by atoms with van der Waals surface area (Å²) in [4.78, 5) is 13.0. The van der Waals surface area contributed by atoms with Crippen LogP contribution >= 0.6 is 0 Å². The lowest BCUT2D eigenvalue weighted by Gasteiger charge is -2.26. The molecule has 0 radical (unpaired) electrons. The molecule has 0 aromatic heterocycles. The van der Waals surface area contributed by atoms with Crippen molar-refractivity contribution in [3.05, 3.63) is 0 Å². The maximum atomic E-state index is 11.0. The van der Waals surface area contributed by atoms with E-state index in [-0.39, 0.29) is 12.0 Å². The highest BCUT2D eigenvalue weighted by atomic mass is 16.5. The molecule has 0 saturated heterocycles. The summed E-state index contributed by atoms with van der Waals surface area (Å²) in [6, 6.07) is 0.275. The predicted octanol–water partition coefficient (Wildman–Crippen LogP) is 1.14. The second kappa shape index (κ2) is 5.14. The Kier molecular flexibility index (Phi) is 4.90. The minimum absolute atomic E-state index is 0.137. The lowest BCUT2D eigenvalue weighted by molar-refractivity contribution is -0.142. The van der Waals surface area contributed by atoms with E-state index in [0.29, 0.717) is 12.3 Å². The van der Waals surface area contributed by atoms with Gasteiger partial charge in [-0.05, 0) is 20.0 Å². The Morgan fingerprint density at radius 2 is 1.92 bits per heavy atom. The first-order chi connectivity index (χ1) is 5.49. The van der Waals surface area contributed by atoms with Gasteiger partial charge in [-0.1, -0.05) is 13.8 Å². The highest BCUT2D eigenvalue weighted by Gasteiger charge is 2.19. The molecule has 0 saturated carbocycles. The molecule has 0 bridgehead atoms. The van der Waals surface area contributed by atoms with E-state index in [1.165, 1.54) is 7.11 Å². The second-order valence-corrected chi connectivity index (χ2v) is 3.56. The topological polar surface area (TPSA) is 29.5 Å². The van der Waals surface area contributed by atoms with Gasteiger partial charge in [0.1, 0.15) is 0 Å². The third-order valence-corrected chi connectivity index (χ3v) is 2.04. The van der Waals surface area contributed by atoms with Crippen LogP contribution in [0.1, 0.15) is 20.3 Å². The first-order valence-corrected chi connectivity index (χ1v) is 4.22. The number of nitrogens with zero attached hydrogens (tertiary/aromatic N) is 1. The lowest BCUT2D eigenvalue weighted by atomic mass is 10.0. The summed E-state index contributed by atoms with van der Waals surface area (Å²) in [7, 11) is 5.39. The second-order valence-electron chi connectivity index (χ2n) is 3.56. The van der Waals surface area contributed by atoms with Gasteiger partial charge in [-0.15, -0.1) is 0 Å². The van der Waals surface area contributed by atoms with Crippen molar-refractivity contribution in [1.82, 2.24) is 4.90 Å². The predicted molar refractivity (Wildman–Crippen MR) is 48.9 cm³/mol. The zero-order valence-electron chi connectivity index (χ0n) is 8.63. The molecule has 0 amide bonds. The normalized spacial score (nSPS) is 13.6. The molecule has 1 atom stereocenters. The molecule has 0 aliphatic rings. The molecule has 0 aliphatic heterocycles. The summed E-state index contributed by atoms with van der Waals surface area (Å²) in [5.41, 5.74) is 0. The molecule has 12 heavy (non-hydrogen) atoms. The van der Waals surface area contributed by atoms with Crippen molar-refractivity contribution in [2.24, 2.45) is 5.92 Å². The zero-order valence-corrected chi connectivity index (χ0v) is 8.63. The molecular formula is C9H19NO2. The maximum absolute atomic E-state index is 11.0. The largest absolute Gasteiger partial charge is 0.469 e. The van der Waals surface area contributed by atoms with Crippen LogP contribution in [0.2, 0.25) is 0 Å². The van der Waals surface area contributed by atoms with Crippen LogP contribution in [0.4, 0.5) is 0 Å². The average Bonchev–Trinajstić information content (AvgIpc) is 1.98. The number of hydrogen-bond donors (Lipinski definition) is 0. The minimum atomic E-state index is -0.137. The van der Waals surface area contributed by atoms with E-state index in [2.05, 4.69) is 23.5 Å². The van der Waals surface area contributed by atoms with Gasteiger partial charge in [0, 0.05) is 6.04 Å². The van der Waals surface area contributed by atoms with Gasteiger partial charge in [0.2, 0.25) is 0 Å². The summed E-state index contributed by atoms with van der Waals surface area (Å²) in [6.45, 7) is 4.21. The van der Waals surface area contributed by atoms with E-state index in [1.807, 2.05) is 14.1 Å². The monoisotopic (exact) mass is 173 g/mol. The van der Waals surface area contributed by atoms with E-state index >= 15 is 0 Å². The fourth-order valence-electron chi connectivity index (χ4n) is 1.27. The molecule has 0 N–H and O–H groups in total. The van der Waals surface area contributed by atoms with Crippen molar-refractivity contribution in [2.45, 2.75) is 26.3 Å². The van der Waals surface area contributed by atoms with Crippen LogP contribution in [-0.2, 0) is 9.53 Å². The van der Waals surface area contributed by atoms with E-state index in [0.717, 1.165) is 0 Å². The number of carbonyl (C=O) groups excluding carboxylic acids is 1. The number of rotatable bonds is 4. The summed E-state index contributed by atoms with van der Waals surface area (Å²) in [5.74, 6) is 0.335. The van der Waals surface area contributed by atoms with Crippen molar-refractivity contribution < 1.29 is 9.53 Å². The summed E-state index contributed by atoms with van der Waals surface area (Å²) in [5, 5.41) is 0. The van der Waals surface area contributed by atoms with E-state index in [9.17, 15) is 4.79 Å². The maximum Gasteiger partial charge on any atom is 0.307 e. The Labute approximate surface area is 74.7 Å². The molecule has 72 valence electrons. The highest BCUT2D eigenvalue weighted by Crippen LogP contribution is 2.11. The summed E-state index contributed by atoms with van der Waals surface area (Å²) in [6.07, 6.45) is 0.473. The Morgan fingerprint density at radius 1 is 1.42 bits per heavy atom. The van der Waals surface area contributed by atoms with Crippen LogP contribution in [0.3, 0.4) is 0 Å². The number of ether oxygens (including phenoxy) is 1. The fraction of sp³-hybridized carbons (Fsp3) is 0.889. The Hall–Kier alpha value is -0.570. The van der Waals surface area contributed by atoms with Gasteiger partial charge in [-0.25, -0.2) is 0 Å². The first-order valence-electron chi connectivity index (χ1n) is 4.22. The van der Waals surface area contributed by atoms with Crippen LogP contribution in [0.25, 0.3) is 0 Å². The average molecular weight is 173 g/mol. The van der Waals surface area contributed by atoms with Crippen molar-refractivity contribution in [3.63, 3.8) is 0 Å². The Morgan fingerprint density at radius 3 is 2.17 bits per heavy atom. The Bertz CT molecular complexity index is 135. The van der Waals surface area contributed by atoms with Crippen molar-refractivity contribution in [1.29, 1.82) is 0 Å². The van der Waals surface area contributed by atoms with Crippen LogP contribution in [0.15, 0.2) is 0 Å². The van der Waals surface area contributed by atoms with Crippen LogP contribution in [0.5, 0.6) is 0 Å². The summed E-state index contributed by atoms with van der Waals surface area (Å²) >= 11 is 0. The van der Waals surface area contributed by atoms with Crippen molar-refractivity contribution in [2.75, 3.05) is 21.2 Å². The highest BCUT2D eigenvalue weighted by molar-refractivity contribution is 5.69. The molecule has 0 aromatic carbocycles. The van der Waals surface area contributed by atoms with Gasteiger partial charge in [0.25, 0.3) is 0 Å². The quantitative estimate of drug-likeness (QED) is 0.597. The fourth-order valence-corrected chi connectivity index (χ4v) is 1.27. The van der Waals surface area contributed by atoms with Gasteiger partial charge in [-0.3, -0.25) is 4.79 Å². The minimum Gasteiger partial charge on any atom is -0.469 e. The molecule has 0 spiro atoms. The van der Waals surface area contributed by atoms with Gasteiger partial charge in [0.15, 0.2) is 0 Å². The number of carbonyl (C=O) groups is 1. The third kappa shape index (κ3) is 3.72. The summed E-state index contributed by atoms with van der Waals surface area (Å²) < 4.78 is 4.62. The number of esters is 1. The molecule has 0 rings (SSSR count). The first kappa shape index (κ1) is 11.4. The van der Waals surface area contributed by atoms with Gasteiger partial charge in [0.05, 0.1) is 13.5 Å². The third-order valence-electron chi connectivity index (χ3n) is 2.04.